The summed E-state index contributed by atoms with van der Waals surface area (Å²) in [5.74, 6) is -0.489. The number of nitrogens with one attached hydrogen (secondary N) is 1. The second kappa shape index (κ2) is 3.90. The van der Waals surface area contributed by atoms with Gasteiger partial charge in [0.05, 0.1) is 11.5 Å². The number of benzene rings is 2. The highest BCUT2D eigenvalue weighted by Gasteiger charge is 2.28. The summed E-state index contributed by atoms with van der Waals surface area (Å²) in [6.45, 7) is 0. The zero-order chi connectivity index (χ0) is 15.3. The molecule has 0 saturated carbocycles. The molecule has 84 valence electrons. The van der Waals surface area contributed by atoms with Crippen LogP contribution in [0.2, 0.25) is 5.02 Å². The molecule has 2 nitrogen and oxygen atoms in total. The van der Waals surface area contributed by atoms with Crippen LogP contribution in [-0.4, -0.2) is 5.91 Å². The number of rotatable bonds is 1. The van der Waals surface area contributed by atoms with Gasteiger partial charge in [-0.25, -0.2) is 0 Å². The summed E-state index contributed by atoms with van der Waals surface area (Å²) < 4.78 is 31.3. The lowest BCUT2D eigenvalue weighted by Gasteiger charge is -2.11. The molecule has 0 aromatic heterocycles. The molecule has 1 amide bonds. The molecule has 0 fully saturated rings. The number of halogens is 1. The quantitative estimate of drug-likeness (QED) is 0.824. The summed E-state index contributed by atoms with van der Waals surface area (Å²) in [7, 11) is 0. The molecule has 3 heteroatoms. The number of amides is 1. The minimum absolute atomic E-state index is 0.0148. The summed E-state index contributed by atoms with van der Waals surface area (Å²) in [5, 5.41) is 3.26. The Balaban J connectivity index is 2.24. The first-order valence-corrected chi connectivity index (χ1v) is 5.46. The van der Waals surface area contributed by atoms with E-state index in [-0.39, 0.29) is 29.3 Å². The first-order valence-electron chi connectivity index (χ1n) is 7.08. The minimum Gasteiger partial charge on any atom is -0.341 e. The van der Waals surface area contributed by atoms with Crippen molar-refractivity contribution >= 4 is 17.5 Å². The summed E-state index contributed by atoms with van der Waals surface area (Å²) in [4.78, 5) is 12.1. The third-order valence-electron chi connectivity index (χ3n) is 2.71. The SMILES string of the molecule is [2H]c1c([2H])c([2H])c2c(c1[2H])C(=O)NC2c1ccc(Cl)cc1. The first-order chi connectivity index (χ1) is 9.91. The van der Waals surface area contributed by atoms with Gasteiger partial charge in [-0.2, -0.15) is 0 Å². The van der Waals surface area contributed by atoms with Crippen LogP contribution in [0.3, 0.4) is 0 Å². The molecule has 1 aliphatic heterocycles. The van der Waals surface area contributed by atoms with Crippen LogP contribution in [0.25, 0.3) is 0 Å². The largest absolute Gasteiger partial charge is 0.341 e. The van der Waals surface area contributed by atoms with Gasteiger partial charge in [-0.05, 0) is 29.3 Å². The van der Waals surface area contributed by atoms with Gasteiger partial charge < -0.3 is 5.32 Å². The Morgan fingerprint density at radius 2 is 1.88 bits per heavy atom. The highest BCUT2D eigenvalue weighted by Crippen LogP contribution is 2.30. The van der Waals surface area contributed by atoms with E-state index < -0.39 is 18.0 Å². The summed E-state index contributed by atoms with van der Waals surface area (Å²) in [6.07, 6.45) is 0. The lowest BCUT2D eigenvalue weighted by Crippen LogP contribution is -2.19. The van der Waals surface area contributed by atoms with E-state index in [0.717, 1.165) is 5.56 Å². The maximum Gasteiger partial charge on any atom is 0.252 e. The van der Waals surface area contributed by atoms with Crippen molar-refractivity contribution in [2.24, 2.45) is 0 Å². The van der Waals surface area contributed by atoms with Crippen LogP contribution >= 0.6 is 11.6 Å². The Bertz CT molecular complexity index is 761. The van der Waals surface area contributed by atoms with E-state index in [4.69, 9.17) is 17.1 Å². The fraction of sp³-hybridized carbons (Fsp3) is 0.0714. The van der Waals surface area contributed by atoms with Gasteiger partial charge in [0.25, 0.3) is 5.91 Å². The van der Waals surface area contributed by atoms with Crippen molar-refractivity contribution < 1.29 is 10.3 Å². The van der Waals surface area contributed by atoms with Crippen molar-refractivity contribution in [2.45, 2.75) is 6.04 Å². The van der Waals surface area contributed by atoms with Crippen molar-refractivity contribution in [3.05, 3.63) is 70.1 Å². The molecular weight excluding hydrogens is 234 g/mol. The second-order valence-electron chi connectivity index (χ2n) is 3.75. The van der Waals surface area contributed by atoms with Crippen LogP contribution in [0, 0.1) is 0 Å². The van der Waals surface area contributed by atoms with E-state index in [1.54, 1.807) is 24.3 Å². The maximum atomic E-state index is 12.1. The number of fused-ring (bicyclic) bond motifs is 1. The van der Waals surface area contributed by atoms with E-state index in [1.807, 2.05) is 0 Å². The molecule has 0 spiro atoms. The highest BCUT2D eigenvalue weighted by atomic mass is 35.5. The molecule has 1 atom stereocenters. The number of carbonyl (C=O) groups excluding carboxylic acids is 1. The van der Waals surface area contributed by atoms with Gasteiger partial charge in [-0.3, -0.25) is 4.79 Å². The molecule has 1 aliphatic rings. The number of hydrogen-bond donors (Lipinski definition) is 1. The Morgan fingerprint density at radius 1 is 1.18 bits per heavy atom. The Morgan fingerprint density at radius 3 is 2.65 bits per heavy atom. The van der Waals surface area contributed by atoms with E-state index in [0.29, 0.717) is 5.02 Å². The third kappa shape index (κ3) is 1.71. The van der Waals surface area contributed by atoms with Crippen molar-refractivity contribution in [3.8, 4) is 0 Å². The fourth-order valence-electron chi connectivity index (χ4n) is 1.90. The average Bonchev–Trinajstić information content (AvgIpc) is 2.81. The molecule has 0 aliphatic carbocycles. The molecule has 0 bridgehead atoms. The topological polar surface area (TPSA) is 29.1 Å². The molecular formula is C14H10ClNO. The zero-order valence-corrected chi connectivity index (χ0v) is 9.43. The van der Waals surface area contributed by atoms with Crippen molar-refractivity contribution in [1.29, 1.82) is 0 Å². The standard InChI is InChI=1S/C14H10ClNO/c15-10-7-5-9(6-8-10)13-11-3-1-2-4-12(11)14(17)16-13/h1-8,13H,(H,16,17)/i1D,2D,3D,4D. The molecule has 2 aromatic rings. The van der Waals surface area contributed by atoms with E-state index >= 15 is 0 Å². The maximum absolute atomic E-state index is 12.1. The van der Waals surface area contributed by atoms with E-state index in [1.165, 1.54) is 0 Å². The molecule has 2 aromatic carbocycles. The van der Waals surface area contributed by atoms with Gasteiger partial charge >= 0.3 is 0 Å². The number of hydrogen-bond acceptors (Lipinski definition) is 1. The van der Waals surface area contributed by atoms with Gasteiger partial charge in [0, 0.05) is 10.6 Å². The Labute approximate surface area is 110 Å². The molecule has 1 heterocycles. The monoisotopic (exact) mass is 247 g/mol. The molecule has 17 heavy (non-hydrogen) atoms. The minimum atomic E-state index is -0.592. The van der Waals surface area contributed by atoms with Gasteiger partial charge in [-0.1, -0.05) is 41.9 Å². The van der Waals surface area contributed by atoms with Crippen LogP contribution in [0.5, 0.6) is 0 Å². The lowest BCUT2D eigenvalue weighted by molar-refractivity contribution is 0.0960. The lowest BCUT2D eigenvalue weighted by atomic mass is 9.99. The van der Waals surface area contributed by atoms with Crippen LogP contribution < -0.4 is 5.32 Å². The number of carbonyl (C=O) groups is 1. The summed E-state index contributed by atoms with van der Waals surface area (Å²) >= 11 is 5.84. The average molecular weight is 248 g/mol. The van der Waals surface area contributed by atoms with Gasteiger partial charge in [0.1, 0.15) is 0 Å². The van der Waals surface area contributed by atoms with Crippen molar-refractivity contribution in [2.75, 3.05) is 0 Å². The normalized spacial score (nSPS) is 21.0. The van der Waals surface area contributed by atoms with Crippen LogP contribution in [0.4, 0.5) is 0 Å². The smallest absolute Gasteiger partial charge is 0.252 e. The Hall–Kier alpha value is -1.80. The van der Waals surface area contributed by atoms with Gasteiger partial charge in [0.2, 0.25) is 0 Å². The van der Waals surface area contributed by atoms with Crippen molar-refractivity contribution in [1.82, 2.24) is 5.32 Å². The fourth-order valence-corrected chi connectivity index (χ4v) is 2.02. The van der Waals surface area contributed by atoms with Crippen LogP contribution in [-0.2, 0) is 0 Å². The molecule has 3 rings (SSSR count). The van der Waals surface area contributed by atoms with Crippen LogP contribution in [0.1, 0.15) is 33.0 Å². The van der Waals surface area contributed by atoms with E-state index in [9.17, 15) is 4.79 Å². The van der Waals surface area contributed by atoms with Gasteiger partial charge in [-0.15, -0.1) is 0 Å². The molecule has 1 N–H and O–H groups in total. The predicted octanol–water partition coefficient (Wildman–Crippen LogP) is 3.17. The summed E-state index contributed by atoms with van der Waals surface area (Å²) in [5.41, 5.74) is 1.02. The second-order valence-corrected chi connectivity index (χ2v) is 4.18. The zero-order valence-electron chi connectivity index (χ0n) is 12.7. The molecule has 0 radical (unpaired) electrons. The predicted molar refractivity (Wildman–Crippen MR) is 67.2 cm³/mol. The molecule has 0 saturated heterocycles. The first kappa shape index (κ1) is 6.82. The highest BCUT2D eigenvalue weighted by molar-refractivity contribution is 6.30. The van der Waals surface area contributed by atoms with Gasteiger partial charge in [0.15, 0.2) is 0 Å². The van der Waals surface area contributed by atoms with Crippen molar-refractivity contribution in [3.63, 3.8) is 0 Å². The summed E-state index contributed by atoms with van der Waals surface area (Å²) in [6, 6.07) is 4.97. The third-order valence-corrected chi connectivity index (χ3v) is 2.96. The van der Waals surface area contributed by atoms with E-state index in [2.05, 4.69) is 5.32 Å². The Kier molecular flexibility index (Phi) is 1.56. The van der Waals surface area contributed by atoms with Crippen LogP contribution in [0.15, 0.2) is 48.4 Å². The molecule has 1 unspecified atom stereocenters.